The first-order valence-corrected chi connectivity index (χ1v) is 5.05. The smallest absolute Gasteiger partial charge is 0.0906 e. The Morgan fingerprint density at radius 2 is 2.50 bits per heavy atom. The van der Waals surface area contributed by atoms with Crippen LogP contribution in [0.5, 0.6) is 0 Å². The Balaban J connectivity index is 2.25. The van der Waals surface area contributed by atoms with Gasteiger partial charge in [-0.25, -0.2) is 0 Å². The van der Waals surface area contributed by atoms with Crippen LogP contribution in [-0.2, 0) is 0 Å². The summed E-state index contributed by atoms with van der Waals surface area (Å²) in [7, 11) is 0. The fourth-order valence-corrected chi connectivity index (χ4v) is 1.78. The van der Waals surface area contributed by atoms with E-state index < -0.39 is 0 Å². The Morgan fingerprint density at radius 1 is 1.67 bits per heavy atom. The van der Waals surface area contributed by atoms with Gasteiger partial charge in [-0.3, -0.25) is 4.39 Å². The summed E-state index contributed by atoms with van der Waals surface area (Å²) in [6, 6.07) is 4.49. The monoisotopic (exact) mass is 187 g/mol. The zero-order valence-electron chi connectivity index (χ0n) is 7.22. The van der Waals surface area contributed by atoms with E-state index >= 15 is 0 Å². The van der Waals surface area contributed by atoms with E-state index in [4.69, 9.17) is 0 Å². The summed E-state index contributed by atoms with van der Waals surface area (Å²) < 4.78 is 11.7. The summed E-state index contributed by atoms with van der Waals surface area (Å²) in [5.74, 6) is 0. The molecular formula is C9H14FNS. The third kappa shape index (κ3) is 2.91. The molecule has 0 saturated carbocycles. The van der Waals surface area contributed by atoms with Crippen molar-refractivity contribution >= 4 is 11.3 Å². The van der Waals surface area contributed by atoms with Gasteiger partial charge in [0.05, 0.1) is 6.67 Å². The van der Waals surface area contributed by atoms with Crippen molar-refractivity contribution in [3.05, 3.63) is 22.4 Å². The first-order valence-electron chi connectivity index (χ1n) is 4.17. The van der Waals surface area contributed by atoms with Gasteiger partial charge in [0.1, 0.15) is 0 Å². The van der Waals surface area contributed by atoms with Crippen LogP contribution >= 0.6 is 11.3 Å². The summed E-state index contributed by atoms with van der Waals surface area (Å²) in [5, 5.41) is 5.31. The maximum Gasteiger partial charge on any atom is 0.0906 e. The number of hydrogen-bond donors (Lipinski definition) is 1. The molecule has 1 heterocycles. The zero-order valence-corrected chi connectivity index (χ0v) is 8.03. The maximum atomic E-state index is 11.7. The van der Waals surface area contributed by atoms with Crippen LogP contribution in [0, 0.1) is 0 Å². The van der Waals surface area contributed by atoms with E-state index in [1.165, 1.54) is 4.88 Å². The van der Waals surface area contributed by atoms with Crippen molar-refractivity contribution in [1.82, 2.24) is 5.32 Å². The van der Waals surface area contributed by atoms with Crippen LogP contribution < -0.4 is 5.32 Å². The number of hydrogen-bond acceptors (Lipinski definition) is 2. The average Bonchev–Trinajstić information content (AvgIpc) is 2.56. The van der Waals surface area contributed by atoms with Crippen molar-refractivity contribution in [2.75, 3.05) is 13.2 Å². The molecule has 0 aliphatic carbocycles. The zero-order chi connectivity index (χ0) is 8.81. The largest absolute Gasteiger partial charge is 0.309 e. The normalized spacial score (nSPS) is 13.2. The third-order valence-corrected chi connectivity index (χ3v) is 2.79. The number of halogens is 1. The fraction of sp³-hybridized carbons (Fsp3) is 0.556. The predicted octanol–water partition coefficient (Wildman–Crippen LogP) is 2.76. The molecule has 68 valence electrons. The van der Waals surface area contributed by atoms with Crippen LogP contribution in [0.2, 0.25) is 0 Å². The van der Waals surface area contributed by atoms with E-state index in [2.05, 4.69) is 23.7 Å². The topological polar surface area (TPSA) is 12.0 Å². The standard InChI is InChI=1S/C9H14FNS/c1-8(11-6-3-5-10)9-4-2-7-12-9/h2,4,7-8,11H,3,5-6H2,1H3/t8-/m1/s1. The van der Waals surface area contributed by atoms with Crippen molar-refractivity contribution in [2.45, 2.75) is 19.4 Å². The van der Waals surface area contributed by atoms with Crippen molar-refractivity contribution in [2.24, 2.45) is 0 Å². The molecular weight excluding hydrogens is 173 g/mol. The summed E-state index contributed by atoms with van der Waals surface area (Å²) in [4.78, 5) is 1.31. The first-order chi connectivity index (χ1) is 5.84. The van der Waals surface area contributed by atoms with E-state index in [0.717, 1.165) is 6.54 Å². The Morgan fingerprint density at radius 3 is 3.08 bits per heavy atom. The molecule has 12 heavy (non-hydrogen) atoms. The molecule has 0 spiro atoms. The molecule has 0 saturated heterocycles. The van der Waals surface area contributed by atoms with Crippen LogP contribution in [-0.4, -0.2) is 13.2 Å². The lowest BCUT2D eigenvalue weighted by Crippen LogP contribution is -2.19. The Hall–Kier alpha value is -0.410. The first kappa shape index (κ1) is 9.68. The average molecular weight is 187 g/mol. The van der Waals surface area contributed by atoms with Gasteiger partial charge in [0.15, 0.2) is 0 Å². The highest BCUT2D eigenvalue weighted by Crippen LogP contribution is 2.17. The maximum absolute atomic E-state index is 11.7. The summed E-state index contributed by atoms with van der Waals surface area (Å²) in [5.41, 5.74) is 0. The van der Waals surface area contributed by atoms with Gasteiger partial charge in [0.25, 0.3) is 0 Å². The van der Waals surface area contributed by atoms with E-state index in [1.54, 1.807) is 11.3 Å². The molecule has 1 aromatic heterocycles. The Bertz CT molecular complexity index is 198. The van der Waals surface area contributed by atoms with Crippen molar-refractivity contribution in [3.63, 3.8) is 0 Å². The third-order valence-electron chi connectivity index (χ3n) is 1.73. The minimum atomic E-state index is -0.232. The number of thiophene rings is 1. The van der Waals surface area contributed by atoms with Gasteiger partial charge < -0.3 is 5.32 Å². The molecule has 0 radical (unpaired) electrons. The quantitative estimate of drug-likeness (QED) is 0.699. The summed E-state index contributed by atoms with van der Waals surface area (Å²) >= 11 is 1.73. The van der Waals surface area contributed by atoms with Crippen LogP contribution in [0.25, 0.3) is 0 Å². The second-order valence-electron chi connectivity index (χ2n) is 2.73. The van der Waals surface area contributed by atoms with E-state index in [0.29, 0.717) is 12.5 Å². The molecule has 0 fully saturated rings. The molecule has 0 amide bonds. The summed E-state index contributed by atoms with van der Waals surface area (Å²) in [6.45, 7) is 2.63. The van der Waals surface area contributed by atoms with E-state index in [1.807, 2.05) is 6.07 Å². The molecule has 0 aliphatic rings. The second-order valence-corrected chi connectivity index (χ2v) is 3.71. The van der Waals surface area contributed by atoms with Crippen molar-refractivity contribution in [1.29, 1.82) is 0 Å². The van der Waals surface area contributed by atoms with Gasteiger partial charge in [0.2, 0.25) is 0 Å². The molecule has 0 bridgehead atoms. The molecule has 3 heteroatoms. The van der Waals surface area contributed by atoms with E-state index in [-0.39, 0.29) is 6.67 Å². The highest BCUT2D eigenvalue weighted by molar-refractivity contribution is 7.10. The van der Waals surface area contributed by atoms with Gasteiger partial charge in [0, 0.05) is 10.9 Å². The number of rotatable bonds is 5. The molecule has 0 aromatic carbocycles. The predicted molar refractivity (Wildman–Crippen MR) is 51.3 cm³/mol. The fourth-order valence-electron chi connectivity index (χ4n) is 1.02. The van der Waals surface area contributed by atoms with Crippen LogP contribution in [0.3, 0.4) is 0 Å². The second kappa shape index (κ2) is 5.27. The summed E-state index contributed by atoms with van der Waals surface area (Å²) in [6.07, 6.45) is 0.607. The lowest BCUT2D eigenvalue weighted by molar-refractivity contribution is 0.447. The minimum absolute atomic E-state index is 0.232. The molecule has 0 aliphatic heterocycles. The molecule has 0 unspecified atom stereocenters. The number of alkyl halides is 1. The number of nitrogens with one attached hydrogen (secondary N) is 1. The molecule has 1 N–H and O–H groups in total. The lowest BCUT2D eigenvalue weighted by atomic mass is 10.2. The van der Waals surface area contributed by atoms with Gasteiger partial charge in [-0.1, -0.05) is 6.07 Å². The minimum Gasteiger partial charge on any atom is -0.309 e. The van der Waals surface area contributed by atoms with E-state index in [9.17, 15) is 4.39 Å². The van der Waals surface area contributed by atoms with Crippen molar-refractivity contribution in [3.8, 4) is 0 Å². The molecule has 1 atom stereocenters. The van der Waals surface area contributed by atoms with Crippen LogP contribution in [0.1, 0.15) is 24.3 Å². The highest BCUT2D eigenvalue weighted by Gasteiger charge is 2.03. The van der Waals surface area contributed by atoms with Gasteiger partial charge in [-0.15, -0.1) is 11.3 Å². The van der Waals surface area contributed by atoms with Crippen molar-refractivity contribution < 1.29 is 4.39 Å². The van der Waals surface area contributed by atoms with Gasteiger partial charge >= 0.3 is 0 Å². The lowest BCUT2D eigenvalue weighted by Gasteiger charge is -2.10. The van der Waals surface area contributed by atoms with Gasteiger partial charge in [-0.05, 0) is 31.3 Å². The Labute approximate surface area is 76.6 Å². The Kier molecular flexibility index (Phi) is 4.25. The van der Waals surface area contributed by atoms with Crippen LogP contribution in [0.4, 0.5) is 4.39 Å². The SMILES string of the molecule is C[C@@H](NCCCF)c1cccs1. The molecule has 1 rings (SSSR count). The molecule has 1 nitrogen and oxygen atoms in total. The molecule has 1 aromatic rings. The van der Waals surface area contributed by atoms with Crippen LogP contribution in [0.15, 0.2) is 17.5 Å². The highest BCUT2D eigenvalue weighted by atomic mass is 32.1. The van der Waals surface area contributed by atoms with Gasteiger partial charge in [-0.2, -0.15) is 0 Å².